The van der Waals surface area contributed by atoms with Crippen LogP contribution in [0.1, 0.15) is 5.56 Å². The van der Waals surface area contributed by atoms with Gasteiger partial charge in [-0.2, -0.15) is 13.2 Å². The zero-order chi connectivity index (χ0) is 19.2. The number of alkyl halides is 3. The molecule has 1 aromatic rings. The molecule has 12 heteroatoms. The number of hydrogen-bond acceptors (Lipinski definition) is 7. The van der Waals surface area contributed by atoms with Crippen LogP contribution in [-0.2, 0) is 15.7 Å². The van der Waals surface area contributed by atoms with Crippen LogP contribution in [0.3, 0.4) is 0 Å². The van der Waals surface area contributed by atoms with Crippen molar-refractivity contribution in [3.63, 3.8) is 0 Å². The molecule has 3 N–H and O–H groups in total. The van der Waals surface area contributed by atoms with Gasteiger partial charge >= 0.3 is 6.18 Å². The van der Waals surface area contributed by atoms with Crippen LogP contribution < -0.4 is 21.1 Å². The molecular weight excluding hydrogens is 433 g/mol. The van der Waals surface area contributed by atoms with E-state index in [2.05, 4.69) is 41.9 Å². The molecule has 8 nitrogen and oxygen atoms in total. The zero-order valence-electron chi connectivity index (χ0n) is 13.9. The molecular formula is C15H16BrF3N6O2. The van der Waals surface area contributed by atoms with Gasteiger partial charge in [-0.05, 0) is 22.0 Å². The number of anilines is 1. The summed E-state index contributed by atoms with van der Waals surface area (Å²) < 4.78 is 43.9. The zero-order valence-corrected chi connectivity index (χ0v) is 15.5. The molecule has 3 aliphatic heterocycles. The minimum Gasteiger partial charge on any atom is -0.379 e. The fourth-order valence-corrected chi connectivity index (χ4v) is 3.64. The van der Waals surface area contributed by atoms with E-state index in [1.807, 2.05) is 0 Å². The molecule has 0 bridgehead atoms. The van der Waals surface area contributed by atoms with Crippen molar-refractivity contribution >= 4 is 27.7 Å². The second-order valence-corrected chi connectivity index (χ2v) is 7.09. The Morgan fingerprint density at radius 2 is 2.04 bits per heavy atom. The summed E-state index contributed by atoms with van der Waals surface area (Å²) in [6.45, 7) is 2.53. The second-order valence-electron chi connectivity index (χ2n) is 6.23. The number of hydrogen-bond donors (Lipinski definition) is 3. The molecule has 1 aromatic heterocycles. The van der Waals surface area contributed by atoms with Crippen molar-refractivity contribution in [2.24, 2.45) is 0 Å². The van der Waals surface area contributed by atoms with E-state index in [-0.39, 0.29) is 22.5 Å². The number of morpholine rings is 1. The van der Waals surface area contributed by atoms with E-state index >= 15 is 0 Å². The van der Waals surface area contributed by atoms with E-state index < -0.39 is 17.9 Å². The number of carbonyl (C=O) groups excluding carboxylic acids is 1. The first kappa shape index (κ1) is 18.6. The highest BCUT2D eigenvalue weighted by Crippen LogP contribution is 2.34. The smallest absolute Gasteiger partial charge is 0.379 e. The molecule has 0 aliphatic carbocycles. The quantitative estimate of drug-likeness (QED) is 0.615. The molecule has 2 fully saturated rings. The van der Waals surface area contributed by atoms with Crippen LogP contribution in [0.4, 0.5) is 19.0 Å². The van der Waals surface area contributed by atoms with Crippen molar-refractivity contribution in [3.8, 4) is 0 Å². The Hall–Kier alpha value is -1.73. The fourth-order valence-electron chi connectivity index (χ4n) is 3.10. The van der Waals surface area contributed by atoms with Crippen molar-refractivity contribution in [3.05, 3.63) is 34.1 Å². The van der Waals surface area contributed by atoms with Gasteiger partial charge in [0.25, 0.3) is 5.91 Å². The van der Waals surface area contributed by atoms with Crippen molar-refractivity contribution < 1.29 is 22.7 Å². The Kier molecular flexibility index (Phi) is 4.84. The number of pyridine rings is 1. The lowest BCUT2D eigenvalue weighted by atomic mass is 10.2. The summed E-state index contributed by atoms with van der Waals surface area (Å²) in [5.41, 5.74) is 2.61. The molecule has 4 heterocycles. The van der Waals surface area contributed by atoms with Crippen molar-refractivity contribution in [2.75, 3.05) is 31.3 Å². The summed E-state index contributed by atoms with van der Waals surface area (Å²) in [5.74, 6) is -0.0318. The maximum Gasteiger partial charge on any atom is 0.417 e. The highest BCUT2D eigenvalue weighted by Gasteiger charge is 2.39. The second kappa shape index (κ2) is 7.02. The first-order valence-electron chi connectivity index (χ1n) is 8.21. The van der Waals surface area contributed by atoms with Crippen molar-refractivity contribution in [2.45, 2.75) is 18.6 Å². The van der Waals surface area contributed by atoms with Gasteiger partial charge in [0.05, 0.1) is 28.8 Å². The molecule has 0 radical (unpaired) electrons. The molecule has 3 aliphatic rings. The van der Waals surface area contributed by atoms with E-state index in [4.69, 9.17) is 4.74 Å². The number of amides is 1. The van der Waals surface area contributed by atoms with Gasteiger partial charge in [-0.25, -0.2) is 10.4 Å². The summed E-state index contributed by atoms with van der Waals surface area (Å²) in [6.07, 6.45) is -3.05. The van der Waals surface area contributed by atoms with E-state index in [9.17, 15) is 18.0 Å². The minimum atomic E-state index is -4.48. The Bertz CT molecular complexity index is 783. The number of ether oxygens (including phenoxy) is 1. The third-order valence-electron chi connectivity index (χ3n) is 4.49. The molecule has 2 atom stereocenters. The van der Waals surface area contributed by atoms with Crippen LogP contribution in [0, 0.1) is 0 Å². The molecule has 2 unspecified atom stereocenters. The largest absolute Gasteiger partial charge is 0.417 e. The number of nitrogens with one attached hydrogen (secondary N) is 3. The molecule has 0 aromatic carbocycles. The lowest BCUT2D eigenvalue weighted by molar-refractivity contribution is -0.137. The van der Waals surface area contributed by atoms with E-state index in [1.165, 1.54) is 11.2 Å². The number of hydrazine groups is 1. The topological polar surface area (TPSA) is 81.8 Å². The molecule has 146 valence electrons. The van der Waals surface area contributed by atoms with Crippen LogP contribution >= 0.6 is 15.9 Å². The molecule has 0 spiro atoms. The Morgan fingerprint density at radius 1 is 1.30 bits per heavy atom. The van der Waals surface area contributed by atoms with E-state index in [0.717, 1.165) is 12.3 Å². The van der Waals surface area contributed by atoms with Gasteiger partial charge in [0.15, 0.2) is 5.82 Å². The summed E-state index contributed by atoms with van der Waals surface area (Å²) in [5, 5.41) is 7.57. The Labute approximate surface area is 160 Å². The first-order valence-corrected chi connectivity index (χ1v) is 9.01. The number of nitrogens with zero attached hydrogens (tertiary/aromatic N) is 3. The van der Waals surface area contributed by atoms with Gasteiger partial charge in [0, 0.05) is 25.5 Å². The highest BCUT2D eigenvalue weighted by atomic mass is 79.9. The number of halogens is 4. The first-order chi connectivity index (χ1) is 12.8. The van der Waals surface area contributed by atoms with Gasteiger partial charge in [-0.1, -0.05) is 0 Å². The maximum atomic E-state index is 12.8. The predicted molar refractivity (Wildman–Crippen MR) is 91.9 cm³/mol. The van der Waals surface area contributed by atoms with Gasteiger partial charge in [0.2, 0.25) is 0 Å². The van der Waals surface area contributed by atoms with Crippen LogP contribution in [0.5, 0.6) is 0 Å². The molecule has 0 saturated carbocycles. The van der Waals surface area contributed by atoms with E-state index in [1.54, 1.807) is 0 Å². The molecule has 1 amide bonds. The summed E-state index contributed by atoms with van der Waals surface area (Å²) >= 11 is 3.12. The van der Waals surface area contributed by atoms with Gasteiger partial charge in [-0.3, -0.25) is 20.0 Å². The van der Waals surface area contributed by atoms with E-state index in [0.29, 0.717) is 31.9 Å². The van der Waals surface area contributed by atoms with Crippen LogP contribution in [0.15, 0.2) is 28.5 Å². The molecule has 27 heavy (non-hydrogen) atoms. The number of rotatable bonds is 2. The molecule has 2 saturated heterocycles. The van der Waals surface area contributed by atoms with Crippen LogP contribution in [-0.4, -0.2) is 54.5 Å². The highest BCUT2D eigenvalue weighted by molar-refractivity contribution is 9.10. The molecule has 4 rings (SSSR count). The lowest BCUT2D eigenvalue weighted by Crippen LogP contribution is -2.68. The SMILES string of the molecule is O=C1NC(N2CCOCC2)NC2NN(c3ncc(C(F)(F)F)cc3Br)C=C12. The number of carbonyl (C=O) groups is 1. The summed E-state index contributed by atoms with van der Waals surface area (Å²) in [4.78, 5) is 18.4. The summed E-state index contributed by atoms with van der Waals surface area (Å²) in [7, 11) is 0. The predicted octanol–water partition coefficient (Wildman–Crippen LogP) is 0.733. The average molecular weight is 449 g/mol. The summed E-state index contributed by atoms with van der Waals surface area (Å²) in [6, 6.07) is 0.953. The maximum absolute atomic E-state index is 12.8. The number of aromatic nitrogens is 1. The van der Waals surface area contributed by atoms with Crippen LogP contribution in [0.25, 0.3) is 0 Å². The van der Waals surface area contributed by atoms with Crippen molar-refractivity contribution in [1.82, 2.24) is 25.9 Å². The Morgan fingerprint density at radius 3 is 2.70 bits per heavy atom. The normalized spacial score (nSPS) is 26.6. The third-order valence-corrected chi connectivity index (χ3v) is 5.07. The minimum absolute atomic E-state index is 0.158. The standard InChI is InChI=1S/C15H16BrF3N6O2/c16-10-5-8(15(17,18)19)6-20-12(10)25-7-9-11(23-25)21-14(22-13(9)26)24-1-3-27-4-2-24/h5-7,11,14,21,23H,1-4H2,(H,22,26). The van der Waals surface area contributed by atoms with Gasteiger partial charge < -0.3 is 10.1 Å². The van der Waals surface area contributed by atoms with Gasteiger partial charge in [0.1, 0.15) is 12.5 Å². The lowest BCUT2D eigenvalue weighted by Gasteiger charge is -2.39. The third kappa shape index (κ3) is 3.67. The number of fused-ring (bicyclic) bond motifs is 1. The monoisotopic (exact) mass is 448 g/mol. The van der Waals surface area contributed by atoms with Gasteiger partial charge in [-0.15, -0.1) is 0 Å². The van der Waals surface area contributed by atoms with Crippen molar-refractivity contribution in [1.29, 1.82) is 0 Å². The van der Waals surface area contributed by atoms with Crippen LogP contribution in [0.2, 0.25) is 0 Å². The Balaban J connectivity index is 1.52. The average Bonchev–Trinajstić information content (AvgIpc) is 3.06. The fraction of sp³-hybridized carbons (Fsp3) is 0.467.